The molecule has 0 saturated heterocycles. The molecule has 0 aliphatic heterocycles. The Morgan fingerprint density at radius 1 is 1.13 bits per heavy atom. The summed E-state index contributed by atoms with van der Waals surface area (Å²) < 4.78 is 6.54. The summed E-state index contributed by atoms with van der Waals surface area (Å²) in [6.45, 7) is 4.91. The van der Waals surface area contributed by atoms with Crippen LogP contribution in [-0.2, 0) is 6.54 Å². The Kier molecular flexibility index (Phi) is 3.18. The Hall–Kier alpha value is -2.96. The Balaban J connectivity index is 1.65. The molecule has 7 nitrogen and oxygen atoms in total. The van der Waals surface area contributed by atoms with Gasteiger partial charge in [0.1, 0.15) is 16.9 Å². The fourth-order valence-corrected chi connectivity index (χ4v) is 2.48. The van der Waals surface area contributed by atoms with Crippen LogP contribution in [0.2, 0.25) is 0 Å². The van der Waals surface area contributed by atoms with Gasteiger partial charge in [-0.15, -0.1) is 0 Å². The number of aromatic nitrogens is 5. The van der Waals surface area contributed by atoms with Crippen molar-refractivity contribution in [3.8, 4) is 0 Å². The maximum absolute atomic E-state index is 4.73. The predicted molar refractivity (Wildman–Crippen MR) is 86.2 cm³/mol. The Morgan fingerprint density at radius 2 is 2.00 bits per heavy atom. The van der Waals surface area contributed by atoms with Crippen LogP contribution in [0.1, 0.15) is 31.0 Å². The highest BCUT2D eigenvalue weighted by Gasteiger charge is 2.09. The maximum Gasteiger partial charge on any atom is 0.157 e. The van der Waals surface area contributed by atoms with Crippen LogP contribution in [0.25, 0.3) is 16.7 Å². The fourth-order valence-electron chi connectivity index (χ4n) is 2.48. The summed E-state index contributed by atoms with van der Waals surface area (Å²) in [6.07, 6.45) is 1.75. The molecule has 0 aliphatic rings. The molecule has 3 heterocycles. The molecule has 0 amide bonds. The van der Waals surface area contributed by atoms with Gasteiger partial charge in [0, 0.05) is 24.4 Å². The minimum atomic E-state index is 0.355. The van der Waals surface area contributed by atoms with Gasteiger partial charge in [0.05, 0.1) is 6.20 Å². The Morgan fingerprint density at radius 3 is 2.87 bits per heavy atom. The van der Waals surface area contributed by atoms with Crippen LogP contribution in [-0.4, -0.2) is 24.9 Å². The first-order valence-corrected chi connectivity index (χ1v) is 7.50. The average molecular weight is 308 g/mol. The monoisotopic (exact) mass is 308 g/mol. The summed E-state index contributed by atoms with van der Waals surface area (Å²) in [7, 11) is 0. The number of nitrogens with one attached hydrogen (secondary N) is 1. The quantitative estimate of drug-likeness (QED) is 0.624. The normalized spacial score (nSPS) is 11.6. The van der Waals surface area contributed by atoms with Crippen molar-refractivity contribution in [1.82, 2.24) is 24.9 Å². The summed E-state index contributed by atoms with van der Waals surface area (Å²) in [5.74, 6) is 1.27. The molecular formula is C16H16N6O. The molecule has 0 bridgehead atoms. The summed E-state index contributed by atoms with van der Waals surface area (Å²) >= 11 is 0. The van der Waals surface area contributed by atoms with E-state index in [1.54, 1.807) is 6.20 Å². The number of benzene rings is 1. The second kappa shape index (κ2) is 5.35. The van der Waals surface area contributed by atoms with Crippen molar-refractivity contribution in [3.05, 3.63) is 47.8 Å². The fraction of sp³-hybridized carbons (Fsp3) is 0.250. The van der Waals surface area contributed by atoms with Crippen molar-refractivity contribution < 1.29 is 4.63 Å². The van der Waals surface area contributed by atoms with Crippen molar-refractivity contribution in [2.45, 2.75) is 26.3 Å². The largest absolute Gasteiger partial charge is 0.366 e. The van der Waals surface area contributed by atoms with Crippen LogP contribution in [0, 0.1) is 0 Å². The lowest BCUT2D eigenvalue weighted by atomic mass is 10.1. The Bertz CT molecular complexity index is 971. The third-order valence-electron chi connectivity index (χ3n) is 3.76. The predicted octanol–water partition coefficient (Wildman–Crippen LogP) is 3.00. The molecule has 0 atom stereocenters. The van der Waals surface area contributed by atoms with Gasteiger partial charge in [-0.1, -0.05) is 19.9 Å². The lowest BCUT2D eigenvalue weighted by Crippen LogP contribution is -2.08. The van der Waals surface area contributed by atoms with E-state index in [1.165, 1.54) is 0 Å². The minimum Gasteiger partial charge on any atom is -0.366 e. The lowest BCUT2D eigenvalue weighted by Gasteiger charge is -2.12. The standard InChI is InChI=1S/C16H16N6O/c1-10(2)13-8-16(22-15(19-13)5-6-18-22)17-9-11-3-4-12-14(7-11)21-23-20-12/h3-8,10,17H,9H2,1-2H3. The zero-order chi connectivity index (χ0) is 15.8. The molecule has 4 aromatic rings. The van der Waals surface area contributed by atoms with E-state index in [0.717, 1.165) is 33.8 Å². The van der Waals surface area contributed by atoms with Gasteiger partial charge >= 0.3 is 0 Å². The molecular weight excluding hydrogens is 292 g/mol. The molecule has 0 fully saturated rings. The van der Waals surface area contributed by atoms with E-state index in [2.05, 4.69) is 39.6 Å². The average Bonchev–Trinajstić information content (AvgIpc) is 3.20. The van der Waals surface area contributed by atoms with Gasteiger partial charge in [-0.05, 0) is 33.9 Å². The summed E-state index contributed by atoms with van der Waals surface area (Å²) in [5.41, 5.74) is 4.49. The van der Waals surface area contributed by atoms with E-state index in [9.17, 15) is 0 Å². The molecule has 1 aromatic carbocycles. The summed E-state index contributed by atoms with van der Waals surface area (Å²) in [5, 5.41) is 15.4. The number of rotatable bonds is 4. The molecule has 116 valence electrons. The Labute approximate surface area is 132 Å². The van der Waals surface area contributed by atoms with Gasteiger partial charge in [-0.25, -0.2) is 9.61 Å². The van der Waals surface area contributed by atoms with Crippen molar-refractivity contribution >= 4 is 22.5 Å². The van der Waals surface area contributed by atoms with E-state index in [-0.39, 0.29) is 0 Å². The lowest BCUT2D eigenvalue weighted by molar-refractivity contribution is 0.315. The molecule has 4 rings (SSSR count). The maximum atomic E-state index is 4.73. The van der Waals surface area contributed by atoms with Crippen molar-refractivity contribution in [2.75, 3.05) is 5.32 Å². The number of hydrogen-bond acceptors (Lipinski definition) is 6. The van der Waals surface area contributed by atoms with Crippen molar-refractivity contribution in [1.29, 1.82) is 0 Å². The number of fused-ring (bicyclic) bond motifs is 2. The smallest absolute Gasteiger partial charge is 0.157 e. The zero-order valence-corrected chi connectivity index (χ0v) is 12.9. The number of hydrogen-bond donors (Lipinski definition) is 1. The van der Waals surface area contributed by atoms with Crippen molar-refractivity contribution in [3.63, 3.8) is 0 Å². The summed E-state index contributed by atoms with van der Waals surface area (Å²) in [4.78, 5) is 4.61. The third kappa shape index (κ3) is 2.50. The first kappa shape index (κ1) is 13.7. The highest BCUT2D eigenvalue weighted by molar-refractivity contribution is 5.73. The van der Waals surface area contributed by atoms with E-state index in [4.69, 9.17) is 4.63 Å². The van der Waals surface area contributed by atoms with Crippen LogP contribution in [0.15, 0.2) is 41.2 Å². The van der Waals surface area contributed by atoms with Gasteiger partial charge < -0.3 is 5.32 Å². The summed E-state index contributed by atoms with van der Waals surface area (Å²) in [6, 6.07) is 9.82. The molecule has 0 saturated carbocycles. The van der Waals surface area contributed by atoms with Crippen LogP contribution in [0.5, 0.6) is 0 Å². The van der Waals surface area contributed by atoms with Gasteiger partial charge in [0.25, 0.3) is 0 Å². The molecule has 1 N–H and O–H groups in total. The minimum absolute atomic E-state index is 0.355. The van der Waals surface area contributed by atoms with E-state index in [0.29, 0.717) is 12.5 Å². The van der Waals surface area contributed by atoms with Gasteiger partial charge in [-0.2, -0.15) is 9.61 Å². The van der Waals surface area contributed by atoms with Gasteiger partial charge in [0.2, 0.25) is 0 Å². The van der Waals surface area contributed by atoms with Crippen molar-refractivity contribution in [2.24, 2.45) is 0 Å². The topological polar surface area (TPSA) is 81.1 Å². The van der Waals surface area contributed by atoms with Crippen LogP contribution < -0.4 is 5.32 Å². The van der Waals surface area contributed by atoms with Gasteiger partial charge in [0.15, 0.2) is 5.65 Å². The third-order valence-corrected chi connectivity index (χ3v) is 3.76. The highest BCUT2D eigenvalue weighted by Crippen LogP contribution is 2.20. The molecule has 0 radical (unpaired) electrons. The first-order chi connectivity index (χ1) is 11.2. The van der Waals surface area contributed by atoms with Crippen LogP contribution in [0.3, 0.4) is 0 Å². The van der Waals surface area contributed by atoms with E-state index < -0.39 is 0 Å². The molecule has 0 spiro atoms. The zero-order valence-electron chi connectivity index (χ0n) is 12.9. The number of nitrogens with zero attached hydrogens (tertiary/aromatic N) is 5. The highest BCUT2D eigenvalue weighted by atomic mass is 16.6. The molecule has 0 aliphatic carbocycles. The first-order valence-electron chi connectivity index (χ1n) is 7.50. The molecule has 23 heavy (non-hydrogen) atoms. The second-order valence-corrected chi connectivity index (χ2v) is 5.76. The van der Waals surface area contributed by atoms with Crippen LogP contribution in [0.4, 0.5) is 5.82 Å². The molecule has 7 heteroatoms. The molecule has 0 unspecified atom stereocenters. The van der Waals surface area contributed by atoms with Gasteiger partial charge in [-0.3, -0.25) is 0 Å². The second-order valence-electron chi connectivity index (χ2n) is 5.76. The SMILES string of the molecule is CC(C)c1cc(NCc2ccc3nonc3c2)n2nccc2n1. The van der Waals surface area contributed by atoms with E-state index in [1.807, 2.05) is 34.8 Å². The molecule has 3 aromatic heterocycles. The van der Waals surface area contributed by atoms with E-state index >= 15 is 0 Å². The number of anilines is 1. The van der Waals surface area contributed by atoms with Crippen LogP contribution >= 0.6 is 0 Å².